The van der Waals surface area contributed by atoms with Crippen molar-refractivity contribution in [3.05, 3.63) is 74.0 Å². The fourth-order valence-corrected chi connectivity index (χ4v) is 4.56. The lowest BCUT2D eigenvalue weighted by molar-refractivity contribution is -0.303. The molecule has 4 amide bonds. The number of amides is 4. The number of hydrogen-bond donors (Lipinski definition) is 2. The normalized spacial score (nSPS) is 23.1. The SMILES string of the molecule is C=C/C=C\C=C/[C@@H](/C=C\C=C)C1CC(=O)N(CCCCCNC(=O)/C=C/NC(=O)[C@@H]2OC(C)(C)OCC2(C)C)C1=O. The molecule has 2 fully saturated rings. The van der Waals surface area contributed by atoms with Crippen LogP contribution in [0, 0.1) is 17.3 Å². The Kier molecular flexibility index (Phi) is 13.2. The van der Waals surface area contributed by atoms with Gasteiger partial charge in [-0.25, -0.2) is 0 Å². The molecule has 1 unspecified atom stereocenters. The van der Waals surface area contributed by atoms with Gasteiger partial charge in [-0.1, -0.05) is 75.6 Å². The van der Waals surface area contributed by atoms with Crippen molar-refractivity contribution in [1.29, 1.82) is 0 Å². The average molecular weight is 568 g/mol. The smallest absolute Gasteiger partial charge is 0.253 e. The fourth-order valence-electron chi connectivity index (χ4n) is 4.56. The number of ether oxygens (including phenoxy) is 2. The van der Waals surface area contributed by atoms with E-state index in [2.05, 4.69) is 23.8 Å². The first-order valence-electron chi connectivity index (χ1n) is 14.1. The first kappa shape index (κ1) is 33.6. The van der Waals surface area contributed by atoms with Crippen LogP contribution in [0.1, 0.15) is 53.4 Å². The molecule has 9 nitrogen and oxygen atoms in total. The topological polar surface area (TPSA) is 114 Å². The summed E-state index contributed by atoms with van der Waals surface area (Å²) in [6.07, 6.45) is 18.5. The van der Waals surface area contributed by atoms with Gasteiger partial charge >= 0.3 is 0 Å². The Labute approximate surface area is 244 Å². The van der Waals surface area contributed by atoms with Crippen LogP contribution >= 0.6 is 0 Å². The van der Waals surface area contributed by atoms with E-state index < -0.39 is 23.2 Å². The molecule has 0 bridgehead atoms. The van der Waals surface area contributed by atoms with Crippen molar-refractivity contribution in [2.75, 3.05) is 19.7 Å². The molecule has 9 heteroatoms. The largest absolute Gasteiger partial charge is 0.353 e. The third-order valence-corrected chi connectivity index (χ3v) is 6.86. The quantitative estimate of drug-likeness (QED) is 0.133. The lowest BCUT2D eigenvalue weighted by Gasteiger charge is -2.44. The molecule has 2 rings (SSSR count). The minimum Gasteiger partial charge on any atom is -0.353 e. The van der Waals surface area contributed by atoms with Crippen molar-refractivity contribution >= 4 is 23.6 Å². The highest BCUT2D eigenvalue weighted by Crippen LogP contribution is 2.35. The van der Waals surface area contributed by atoms with E-state index in [1.54, 1.807) is 38.2 Å². The highest BCUT2D eigenvalue weighted by atomic mass is 16.7. The molecule has 2 N–H and O–H groups in total. The van der Waals surface area contributed by atoms with Gasteiger partial charge in [-0.05, 0) is 33.1 Å². The number of unbranched alkanes of at least 4 members (excludes halogenated alkanes) is 2. The summed E-state index contributed by atoms with van der Waals surface area (Å²) in [6, 6.07) is 0. The molecule has 0 aromatic rings. The van der Waals surface area contributed by atoms with E-state index in [1.807, 2.05) is 38.2 Å². The van der Waals surface area contributed by atoms with Crippen LogP contribution < -0.4 is 10.6 Å². The summed E-state index contributed by atoms with van der Waals surface area (Å²) < 4.78 is 11.4. The number of allylic oxidation sites excluding steroid dienone is 8. The van der Waals surface area contributed by atoms with Crippen LogP contribution in [0.2, 0.25) is 0 Å². The van der Waals surface area contributed by atoms with Crippen LogP contribution in [0.15, 0.2) is 74.0 Å². The lowest BCUT2D eigenvalue weighted by Crippen LogP contribution is -2.55. The van der Waals surface area contributed by atoms with E-state index in [1.165, 1.54) is 17.2 Å². The zero-order valence-corrected chi connectivity index (χ0v) is 24.8. The van der Waals surface area contributed by atoms with E-state index in [9.17, 15) is 19.2 Å². The van der Waals surface area contributed by atoms with E-state index in [-0.39, 0.29) is 36.0 Å². The van der Waals surface area contributed by atoms with Gasteiger partial charge in [-0.15, -0.1) is 0 Å². The number of nitrogens with zero attached hydrogens (tertiary/aromatic N) is 1. The molecule has 0 aliphatic carbocycles. The second kappa shape index (κ2) is 16.0. The molecule has 2 saturated heterocycles. The summed E-state index contributed by atoms with van der Waals surface area (Å²) in [5, 5.41) is 5.39. The first-order chi connectivity index (χ1) is 19.4. The van der Waals surface area contributed by atoms with Crippen LogP contribution in [0.5, 0.6) is 0 Å². The first-order valence-corrected chi connectivity index (χ1v) is 14.1. The summed E-state index contributed by atoms with van der Waals surface area (Å²) in [5.41, 5.74) is -0.509. The molecule has 224 valence electrons. The Morgan fingerprint density at radius 2 is 1.73 bits per heavy atom. The third kappa shape index (κ3) is 10.7. The lowest BCUT2D eigenvalue weighted by atomic mass is 9.85. The fraction of sp³-hybridized carbons (Fsp3) is 0.500. The molecule has 0 saturated carbocycles. The molecule has 0 aromatic heterocycles. The maximum atomic E-state index is 13.0. The molecule has 2 heterocycles. The van der Waals surface area contributed by atoms with Gasteiger partial charge in [0.05, 0.1) is 12.5 Å². The van der Waals surface area contributed by atoms with Gasteiger partial charge in [0.15, 0.2) is 5.79 Å². The second-order valence-corrected chi connectivity index (χ2v) is 11.3. The number of rotatable bonds is 15. The monoisotopic (exact) mass is 567 g/mol. The van der Waals surface area contributed by atoms with Gasteiger partial charge in [0.25, 0.3) is 5.91 Å². The van der Waals surface area contributed by atoms with Crippen LogP contribution in [0.3, 0.4) is 0 Å². The second-order valence-electron chi connectivity index (χ2n) is 11.3. The van der Waals surface area contributed by atoms with Gasteiger partial charge in [-0.3, -0.25) is 24.1 Å². The minimum absolute atomic E-state index is 0.161. The number of carbonyl (C=O) groups is 4. The summed E-state index contributed by atoms with van der Waals surface area (Å²) in [6.45, 7) is 15.8. The maximum Gasteiger partial charge on any atom is 0.253 e. The number of hydrogen-bond acceptors (Lipinski definition) is 6. The minimum atomic E-state index is -0.860. The van der Waals surface area contributed by atoms with E-state index in [4.69, 9.17) is 9.47 Å². The van der Waals surface area contributed by atoms with Crippen LogP contribution in [0.25, 0.3) is 0 Å². The third-order valence-electron chi connectivity index (χ3n) is 6.86. The van der Waals surface area contributed by atoms with Gasteiger partial charge < -0.3 is 20.1 Å². The molecular formula is C32H45N3O6. The van der Waals surface area contributed by atoms with Crippen molar-refractivity contribution in [3.8, 4) is 0 Å². The van der Waals surface area contributed by atoms with Crippen molar-refractivity contribution in [1.82, 2.24) is 15.5 Å². The molecular weight excluding hydrogens is 522 g/mol. The Morgan fingerprint density at radius 1 is 1.02 bits per heavy atom. The molecule has 2 aliphatic rings. The van der Waals surface area contributed by atoms with Crippen molar-refractivity contribution in [2.24, 2.45) is 17.3 Å². The Hall–Kier alpha value is -3.56. The zero-order valence-electron chi connectivity index (χ0n) is 24.8. The zero-order chi connectivity index (χ0) is 30.5. The standard InChI is InChI=1S/C32H45N3O6/c1-7-9-11-13-17-24(16-10-8-2)25-22-27(37)35(30(25)39)21-15-12-14-19-33-26(36)18-20-34-29(38)28-31(3,4)23-40-32(5,6)41-28/h7-11,13,16-18,20,24-25,28H,1-2,12,14-15,19,21-23H2,3-6H3,(H,33,36)(H,34,38)/b11-9-,16-10-,17-13-,20-18+/t24-,25?,28+/m1/s1. The van der Waals surface area contributed by atoms with Gasteiger partial charge in [0.2, 0.25) is 17.7 Å². The van der Waals surface area contributed by atoms with E-state index in [0.29, 0.717) is 32.5 Å². The maximum absolute atomic E-state index is 13.0. The number of nitrogens with one attached hydrogen (secondary N) is 2. The van der Waals surface area contributed by atoms with Crippen LogP contribution in [-0.2, 0) is 28.7 Å². The summed E-state index contributed by atoms with van der Waals surface area (Å²) >= 11 is 0. The molecule has 0 radical (unpaired) electrons. The van der Waals surface area contributed by atoms with Crippen molar-refractivity contribution < 1.29 is 28.7 Å². The highest BCUT2D eigenvalue weighted by molar-refractivity contribution is 6.03. The van der Waals surface area contributed by atoms with Crippen molar-refractivity contribution in [2.45, 2.75) is 65.3 Å². The Morgan fingerprint density at radius 3 is 2.44 bits per heavy atom. The van der Waals surface area contributed by atoms with Gasteiger partial charge in [0.1, 0.15) is 6.10 Å². The summed E-state index contributed by atoms with van der Waals surface area (Å²) in [5.74, 6) is -2.50. The molecule has 3 atom stereocenters. The predicted octanol–water partition coefficient (Wildman–Crippen LogP) is 4.11. The Balaban J connectivity index is 1.72. The van der Waals surface area contributed by atoms with E-state index >= 15 is 0 Å². The number of likely N-dealkylation sites (tertiary alicyclic amines) is 1. The summed E-state index contributed by atoms with van der Waals surface area (Å²) in [4.78, 5) is 51.7. The molecule has 2 aliphatic heterocycles. The molecule has 41 heavy (non-hydrogen) atoms. The Bertz CT molecular complexity index is 1080. The van der Waals surface area contributed by atoms with Crippen LogP contribution in [0.4, 0.5) is 0 Å². The average Bonchev–Trinajstić information content (AvgIpc) is 3.20. The van der Waals surface area contributed by atoms with Gasteiger partial charge in [-0.2, -0.15) is 0 Å². The number of imide groups is 1. The molecule has 0 spiro atoms. The van der Waals surface area contributed by atoms with Gasteiger partial charge in [0, 0.05) is 43.1 Å². The number of carbonyl (C=O) groups excluding carboxylic acids is 4. The predicted molar refractivity (Wildman–Crippen MR) is 159 cm³/mol. The summed E-state index contributed by atoms with van der Waals surface area (Å²) in [7, 11) is 0. The van der Waals surface area contributed by atoms with Crippen molar-refractivity contribution in [3.63, 3.8) is 0 Å². The highest BCUT2D eigenvalue weighted by Gasteiger charge is 2.45. The van der Waals surface area contributed by atoms with Crippen LogP contribution in [-0.4, -0.2) is 60.1 Å². The molecule has 0 aromatic carbocycles. The van der Waals surface area contributed by atoms with E-state index in [0.717, 1.165) is 6.42 Å².